The molecule has 1 aromatic rings. The lowest BCUT2D eigenvalue weighted by Crippen LogP contribution is -2.22. The molecule has 0 aromatic heterocycles. The van der Waals surface area contributed by atoms with Gasteiger partial charge in [0.1, 0.15) is 11.6 Å². The number of benzene rings is 1. The highest BCUT2D eigenvalue weighted by atomic mass is 35.5. The predicted molar refractivity (Wildman–Crippen MR) is 102 cm³/mol. The molecule has 4 nitrogen and oxygen atoms in total. The van der Waals surface area contributed by atoms with Crippen LogP contribution in [0.2, 0.25) is 5.02 Å². The summed E-state index contributed by atoms with van der Waals surface area (Å²) in [5.41, 5.74) is 19.0. The van der Waals surface area contributed by atoms with Crippen molar-refractivity contribution in [1.82, 2.24) is 0 Å². The van der Waals surface area contributed by atoms with Gasteiger partial charge in [0.15, 0.2) is 0 Å². The first-order valence-corrected chi connectivity index (χ1v) is 8.79. The summed E-state index contributed by atoms with van der Waals surface area (Å²) >= 11 is 5.88. The largest absolute Gasteiger partial charge is 0.400 e. The number of hydrogen-bond acceptors (Lipinski definition) is 4. The fourth-order valence-corrected chi connectivity index (χ4v) is 2.60. The van der Waals surface area contributed by atoms with Gasteiger partial charge in [-0.1, -0.05) is 32.4 Å². The molecule has 1 unspecified atom stereocenters. The van der Waals surface area contributed by atoms with Crippen LogP contribution < -0.4 is 17.2 Å². The number of carbonyl (C=O) groups excluding carboxylic acids is 1. The summed E-state index contributed by atoms with van der Waals surface area (Å²) in [4.78, 5) is 12.2. The lowest BCUT2D eigenvalue weighted by Gasteiger charge is -2.18. The molecule has 0 aliphatic rings. The van der Waals surface area contributed by atoms with Crippen LogP contribution in [0, 0.1) is 17.7 Å². The molecular formula is C19H27ClFN3O. The van der Waals surface area contributed by atoms with Crippen molar-refractivity contribution >= 4 is 23.1 Å². The Balaban J connectivity index is 3.08. The average molecular weight is 368 g/mol. The number of allylic oxidation sites excluding steroid dienone is 2. The summed E-state index contributed by atoms with van der Waals surface area (Å²) in [5, 5.41) is 0.369. The second kappa shape index (κ2) is 9.47. The van der Waals surface area contributed by atoms with E-state index in [9.17, 15) is 9.18 Å². The zero-order chi connectivity index (χ0) is 19.1. The topological polar surface area (TPSA) is 95.1 Å². The zero-order valence-electron chi connectivity index (χ0n) is 15.0. The van der Waals surface area contributed by atoms with Crippen molar-refractivity contribution in [3.05, 3.63) is 52.1 Å². The number of ketones is 1. The van der Waals surface area contributed by atoms with Crippen molar-refractivity contribution < 1.29 is 9.18 Å². The maximum Gasteiger partial charge on any atom is 0.136 e. The Kier molecular flexibility index (Phi) is 7.97. The van der Waals surface area contributed by atoms with Gasteiger partial charge >= 0.3 is 0 Å². The summed E-state index contributed by atoms with van der Waals surface area (Å²) in [7, 11) is 0. The van der Waals surface area contributed by atoms with Crippen molar-refractivity contribution in [1.29, 1.82) is 0 Å². The number of hydrogen-bond donors (Lipinski definition) is 3. The van der Waals surface area contributed by atoms with E-state index in [-0.39, 0.29) is 34.6 Å². The van der Waals surface area contributed by atoms with Gasteiger partial charge in [-0.25, -0.2) is 4.39 Å². The van der Waals surface area contributed by atoms with E-state index in [1.165, 1.54) is 24.3 Å². The van der Waals surface area contributed by atoms with E-state index in [0.29, 0.717) is 23.6 Å². The molecule has 6 heteroatoms. The maximum atomic E-state index is 13.9. The van der Waals surface area contributed by atoms with E-state index in [2.05, 4.69) is 0 Å². The quantitative estimate of drug-likeness (QED) is 0.606. The van der Waals surface area contributed by atoms with Gasteiger partial charge in [-0.05, 0) is 37.1 Å². The Morgan fingerprint density at radius 2 is 1.88 bits per heavy atom. The Hall–Kier alpha value is -2.01. The maximum absolute atomic E-state index is 13.9. The third-order valence-corrected chi connectivity index (χ3v) is 4.66. The van der Waals surface area contributed by atoms with E-state index < -0.39 is 5.82 Å². The van der Waals surface area contributed by atoms with Gasteiger partial charge in [0, 0.05) is 40.2 Å². The minimum Gasteiger partial charge on any atom is -0.400 e. The average Bonchev–Trinajstić information content (AvgIpc) is 2.59. The van der Waals surface area contributed by atoms with Crippen molar-refractivity contribution in [2.24, 2.45) is 29.0 Å². The van der Waals surface area contributed by atoms with Crippen LogP contribution in [-0.2, 0) is 4.79 Å². The summed E-state index contributed by atoms with van der Waals surface area (Å²) in [6.07, 6.45) is 3.21. The van der Waals surface area contributed by atoms with Crippen molar-refractivity contribution in [3.8, 4) is 0 Å². The molecule has 0 saturated heterocycles. The monoisotopic (exact) mass is 367 g/mol. The Morgan fingerprint density at radius 3 is 2.44 bits per heavy atom. The van der Waals surface area contributed by atoms with Crippen LogP contribution in [0.4, 0.5) is 4.39 Å². The highest BCUT2D eigenvalue weighted by Gasteiger charge is 2.20. The normalized spacial score (nSPS) is 15.5. The van der Waals surface area contributed by atoms with Crippen LogP contribution in [0.15, 0.2) is 35.7 Å². The molecule has 1 aromatic carbocycles. The minimum absolute atomic E-state index is 0.00996. The second-order valence-corrected chi connectivity index (χ2v) is 6.66. The van der Waals surface area contributed by atoms with Gasteiger partial charge in [-0.15, -0.1) is 0 Å². The number of carbonyl (C=O) groups is 1. The van der Waals surface area contributed by atoms with E-state index >= 15 is 0 Å². The van der Waals surface area contributed by atoms with Crippen LogP contribution in [0.1, 0.15) is 45.6 Å². The summed E-state index contributed by atoms with van der Waals surface area (Å²) in [6, 6.07) is 4.10. The number of nitrogens with two attached hydrogens (primary N) is 3. The third-order valence-electron chi connectivity index (χ3n) is 4.43. The van der Waals surface area contributed by atoms with E-state index in [0.717, 1.165) is 6.42 Å². The fourth-order valence-electron chi connectivity index (χ4n) is 2.43. The zero-order valence-corrected chi connectivity index (χ0v) is 15.7. The molecule has 25 heavy (non-hydrogen) atoms. The lowest BCUT2D eigenvalue weighted by atomic mass is 9.89. The Morgan fingerprint density at radius 1 is 1.24 bits per heavy atom. The summed E-state index contributed by atoms with van der Waals surface area (Å²) in [5.74, 6) is -0.523. The summed E-state index contributed by atoms with van der Waals surface area (Å²) in [6.45, 7) is 5.82. The molecule has 138 valence electrons. The van der Waals surface area contributed by atoms with E-state index in [4.69, 9.17) is 28.8 Å². The molecular weight excluding hydrogens is 341 g/mol. The molecule has 0 radical (unpaired) electrons. The standard InChI is InChI=1S/C19H27ClFN3O/c1-4-11(3)18(25)8-12(5-2)19(24)17(23)10-16(22)14-9-13(20)6-7-15(14)21/h6-7,9-12H,4-5,8,22-24H2,1-3H3/b16-10-,19-17+/t11-,12?/m1/s1. The number of halogens is 2. The van der Waals surface area contributed by atoms with Crippen LogP contribution in [-0.4, -0.2) is 5.78 Å². The predicted octanol–water partition coefficient (Wildman–Crippen LogP) is 3.94. The van der Waals surface area contributed by atoms with Crippen LogP contribution in [0.5, 0.6) is 0 Å². The molecule has 0 bridgehead atoms. The lowest BCUT2D eigenvalue weighted by molar-refractivity contribution is -0.123. The minimum atomic E-state index is -0.497. The fraction of sp³-hybridized carbons (Fsp3) is 0.421. The number of rotatable bonds is 8. The molecule has 0 aliphatic carbocycles. The van der Waals surface area contributed by atoms with Gasteiger partial charge in [-0.2, -0.15) is 0 Å². The summed E-state index contributed by atoms with van der Waals surface area (Å²) < 4.78 is 13.9. The molecule has 0 saturated carbocycles. The third kappa shape index (κ3) is 5.78. The molecule has 0 aliphatic heterocycles. The smallest absolute Gasteiger partial charge is 0.136 e. The second-order valence-electron chi connectivity index (χ2n) is 6.22. The van der Waals surface area contributed by atoms with E-state index in [1.807, 2.05) is 20.8 Å². The molecule has 6 N–H and O–H groups in total. The van der Waals surface area contributed by atoms with Crippen LogP contribution >= 0.6 is 11.6 Å². The first-order valence-electron chi connectivity index (χ1n) is 8.41. The van der Waals surface area contributed by atoms with Crippen molar-refractivity contribution in [3.63, 3.8) is 0 Å². The highest BCUT2D eigenvalue weighted by molar-refractivity contribution is 6.30. The Bertz CT molecular complexity index is 685. The molecule has 0 spiro atoms. The number of Topliss-reactive ketones (excluding diaryl/α,β-unsaturated/α-hetero) is 1. The molecule has 0 fully saturated rings. The molecule has 0 heterocycles. The van der Waals surface area contributed by atoms with Gasteiger partial charge in [-0.3, -0.25) is 4.79 Å². The van der Waals surface area contributed by atoms with E-state index in [1.54, 1.807) is 0 Å². The first kappa shape index (κ1) is 21.0. The van der Waals surface area contributed by atoms with Crippen molar-refractivity contribution in [2.45, 2.75) is 40.0 Å². The first-order chi connectivity index (χ1) is 11.7. The molecule has 2 atom stereocenters. The van der Waals surface area contributed by atoms with Crippen molar-refractivity contribution in [2.75, 3.05) is 0 Å². The van der Waals surface area contributed by atoms with Gasteiger partial charge in [0.05, 0.1) is 5.70 Å². The highest BCUT2D eigenvalue weighted by Crippen LogP contribution is 2.23. The SMILES string of the molecule is CCC(CC(=O)[C@H](C)CC)/C(N)=C(N)/C=C(\N)c1cc(Cl)ccc1F. The van der Waals surface area contributed by atoms with Crippen LogP contribution in [0.25, 0.3) is 5.70 Å². The van der Waals surface area contributed by atoms with Gasteiger partial charge in [0.2, 0.25) is 0 Å². The van der Waals surface area contributed by atoms with Gasteiger partial charge < -0.3 is 17.2 Å². The van der Waals surface area contributed by atoms with Gasteiger partial charge in [0.25, 0.3) is 0 Å². The molecule has 0 amide bonds. The van der Waals surface area contributed by atoms with Crippen LogP contribution in [0.3, 0.4) is 0 Å². The molecule has 1 rings (SSSR count). The Labute approximate surface area is 153 Å².